The van der Waals surface area contributed by atoms with Gasteiger partial charge in [0.1, 0.15) is 11.5 Å². The fourth-order valence-corrected chi connectivity index (χ4v) is 4.49. The number of rotatable bonds is 6. The average molecular weight is 442 g/mol. The van der Waals surface area contributed by atoms with E-state index in [1.165, 1.54) is 0 Å². The molecule has 0 atom stereocenters. The molecule has 6 nitrogen and oxygen atoms in total. The van der Waals surface area contributed by atoms with Crippen LogP contribution in [0.25, 0.3) is 10.9 Å². The topological polar surface area (TPSA) is 66.6 Å². The fraction of sp³-hybridized carbons (Fsp3) is 0.375. The van der Waals surface area contributed by atoms with Gasteiger partial charge < -0.3 is 19.8 Å². The number of aromatic nitrogens is 1. The van der Waals surface area contributed by atoms with Crippen LogP contribution in [0, 0.1) is 6.92 Å². The third kappa shape index (κ3) is 4.50. The summed E-state index contributed by atoms with van der Waals surface area (Å²) in [5, 5.41) is 5.02. The van der Waals surface area contributed by atoms with E-state index in [9.17, 15) is 4.79 Å². The highest BCUT2D eigenvalue weighted by molar-refractivity contribution is 6.36. The molecule has 164 valence electrons. The number of methoxy groups -OCH3 is 2. The lowest BCUT2D eigenvalue weighted by atomic mass is 10.0. The van der Waals surface area contributed by atoms with Crippen LogP contribution < -0.4 is 14.8 Å². The highest BCUT2D eigenvalue weighted by atomic mass is 35.5. The van der Waals surface area contributed by atoms with Gasteiger partial charge in [-0.1, -0.05) is 29.8 Å². The number of piperidine rings is 1. The van der Waals surface area contributed by atoms with Crippen LogP contribution in [0.1, 0.15) is 34.5 Å². The Morgan fingerprint density at radius 1 is 1.16 bits per heavy atom. The minimum atomic E-state index is -0.103. The summed E-state index contributed by atoms with van der Waals surface area (Å²) in [6.45, 7) is 4.49. The number of hydrogen-bond acceptors (Lipinski definition) is 4. The van der Waals surface area contributed by atoms with Gasteiger partial charge in [-0.3, -0.25) is 9.69 Å². The first kappa shape index (κ1) is 21.5. The molecule has 1 aliphatic rings. The molecule has 1 fully saturated rings. The lowest BCUT2D eigenvalue weighted by Gasteiger charge is -2.32. The molecule has 3 aromatic rings. The molecule has 2 aromatic carbocycles. The number of fused-ring (bicyclic) bond motifs is 1. The second kappa shape index (κ2) is 9.20. The summed E-state index contributed by atoms with van der Waals surface area (Å²) >= 11 is 6.57. The van der Waals surface area contributed by atoms with Gasteiger partial charge in [0.15, 0.2) is 0 Å². The smallest absolute Gasteiger partial charge is 0.251 e. The van der Waals surface area contributed by atoms with Crippen LogP contribution in [-0.4, -0.2) is 49.1 Å². The van der Waals surface area contributed by atoms with Crippen molar-refractivity contribution in [1.82, 2.24) is 15.2 Å². The van der Waals surface area contributed by atoms with Gasteiger partial charge in [-0.05, 0) is 38.0 Å². The van der Waals surface area contributed by atoms with Crippen molar-refractivity contribution < 1.29 is 14.3 Å². The predicted octanol–water partition coefficient (Wildman–Crippen LogP) is 4.54. The molecule has 0 aliphatic carbocycles. The number of benzene rings is 2. The summed E-state index contributed by atoms with van der Waals surface area (Å²) in [5.41, 5.74) is 3.54. The number of carbonyl (C=O) groups excluding carboxylic acids is 1. The van der Waals surface area contributed by atoms with E-state index in [-0.39, 0.29) is 11.9 Å². The Balaban J connectivity index is 1.36. The molecule has 2 heterocycles. The number of nitrogens with one attached hydrogen (secondary N) is 2. The molecule has 0 spiro atoms. The van der Waals surface area contributed by atoms with Gasteiger partial charge in [0.2, 0.25) is 0 Å². The largest absolute Gasteiger partial charge is 0.496 e. The van der Waals surface area contributed by atoms with E-state index in [0.29, 0.717) is 17.1 Å². The van der Waals surface area contributed by atoms with Crippen LogP contribution in [0.3, 0.4) is 0 Å². The molecule has 0 saturated carbocycles. The second-order valence-electron chi connectivity index (χ2n) is 7.99. The van der Waals surface area contributed by atoms with Crippen LogP contribution >= 0.6 is 11.6 Å². The number of nitrogens with zero attached hydrogens (tertiary/aromatic N) is 1. The predicted molar refractivity (Wildman–Crippen MR) is 123 cm³/mol. The Labute approximate surface area is 187 Å². The summed E-state index contributed by atoms with van der Waals surface area (Å²) in [5.74, 6) is 1.19. The van der Waals surface area contributed by atoms with Gasteiger partial charge in [0, 0.05) is 53.4 Å². The summed E-state index contributed by atoms with van der Waals surface area (Å²) in [6.07, 6.45) is 1.79. The number of hydrogen-bond donors (Lipinski definition) is 2. The number of amides is 1. The molecular weight excluding hydrogens is 414 g/mol. The van der Waals surface area contributed by atoms with E-state index >= 15 is 0 Å². The first-order valence-electron chi connectivity index (χ1n) is 10.5. The Hall–Kier alpha value is -2.70. The molecule has 31 heavy (non-hydrogen) atoms. The molecule has 1 aromatic heterocycles. The molecule has 1 amide bonds. The van der Waals surface area contributed by atoms with Gasteiger partial charge in [-0.15, -0.1) is 0 Å². The maximum Gasteiger partial charge on any atom is 0.251 e. The van der Waals surface area contributed by atoms with E-state index in [1.807, 2.05) is 31.2 Å². The minimum absolute atomic E-state index is 0.103. The average Bonchev–Trinajstić information content (AvgIpc) is 3.10. The van der Waals surface area contributed by atoms with Crippen molar-refractivity contribution in [2.75, 3.05) is 27.3 Å². The summed E-state index contributed by atoms with van der Waals surface area (Å²) in [6, 6.07) is 11.8. The molecule has 2 N–H and O–H groups in total. The number of aromatic amines is 1. The van der Waals surface area contributed by atoms with E-state index in [4.69, 9.17) is 21.1 Å². The van der Waals surface area contributed by atoms with E-state index in [0.717, 1.165) is 59.7 Å². The van der Waals surface area contributed by atoms with Gasteiger partial charge in [0.05, 0.1) is 19.2 Å². The second-order valence-corrected chi connectivity index (χ2v) is 8.37. The van der Waals surface area contributed by atoms with Gasteiger partial charge in [0.25, 0.3) is 5.91 Å². The van der Waals surface area contributed by atoms with Crippen LogP contribution in [0.15, 0.2) is 36.4 Å². The lowest BCUT2D eigenvalue weighted by molar-refractivity contribution is 0.0908. The number of para-hydroxylation sites is 1. The summed E-state index contributed by atoms with van der Waals surface area (Å²) in [7, 11) is 3.19. The van der Waals surface area contributed by atoms with Crippen molar-refractivity contribution >= 4 is 28.4 Å². The summed E-state index contributed by atoms with van der Waals surface area (Å²) in [4.78, 5) is 18.6. The zero-order valence-corrected chi connectivity index (χ0v) is 18.9. The van der Waals surface area contributed by atoms with Crippen LogP contribution in [-0.2, 0) is 6.54 Å². The van der Waals surface area contributed by atoms with Crippen LogP contribution in [0.2, 0.25) is 5.02 Å². The van der Waals surface area contributed by atoms with Crippen molar-refractivity contribution in [1.29, 1.82) is 0 Å². The van der Waals surface area contributed by atoms with Crippen molar-refractivity contribution in [2.24, 2.45) is 0 Å². The molecule has 0 unspecified atom stereocenters. The first-order valence-corrected chi connectivity index (χ1v) is 10.9. The summed E-state index contributed by atoms with van der Waals surface area (Å²) < 4.78 is 10.8. The number of H-pyrrole nitrogens is 1. The number of likely N-dealkylation sites (tertiary alicyclic amines) is 1. The zero-order chi connectivity index (χ0) is 22.0. The van der Waals surface area contributed by atoms with Gasteiger partial charge in [-0.25, -0.2) is 0 Å². The maximum absolute atomic E-state index is 12.8. The third-order valence-electron chi connectivity index (χ3n) is 6.03. The van der Waals surface area contributed by atoms with Crippen molar-refractivity contribution in [3.05, 3.63) is 58.2 Å². The van der Waals surface area contributed by atoms with Crippen molar-refractivity contribution in [3.8, 4) is 11.5 Å². The third-order valence-corrected chi connectivity index (χ3v) is 6.46. The van der Waals surface area contributed by atoms with Crippen LogP contribution in [0.5, 0.6) is 11.5 Å². The molecule has 0 radical (unpaired) electrons. The van der Waals surface area contributed by atoms with E-state index in [2.05, 4.69) is 15.2 Å². The number of halogens is 1. The van der Waals surface area contributed by atoms with Gasteiger partial charge >= 0.3 is 0 Å². The van der Waals surface area contributed by atoms with Crippen molar-refractivity contribution in [3.63, 3.8) is 0 Å². The normalized spacial score (nSPS) is 15.2. The Kier molecular flexibility index (Phi) is 6.39. The quantitative estimate of drug-likeness (QED) is 0.589. The standard InChI is InChI=1S/C24H28ClN3O3/c1-15-21(30-2)12-16(13-22(15)31-3)24(29)26-17-8-10-28(11-9-17)14-20-23(25)18-6-4-5-7-19(18)27-20/h4-7,12-13,17,27H,8-11,14H2,1-3H3,(H,26,29). The minimum Gasteiger partial charge on any atom is -0.496 e. The van der Waals surface area contributed by atoms with Crippen LogP contribution in [0.4, 0.5) is 0 Å². The Bertz CT molecular complexity index is 1060. The molecular formula is C24H28ClN3O3. The van der Waals surface area contributed by atoms with E-state index in [1.54, 1.807) is 26.4 Å². The highest BCUT2D eigenvalue weighted by Gasteiger charge is 2.23. The fourth-order valence-electron chi connectivity index (χ4n) is 4.22. The lowest BCUT2D eigenvalue weighted by Crippen LogP contribution is -2.44. The molecule has 0 bridgehead atoms. The zero-order valence-electron chi connectivity index (χ0n) is 18.1. The SMILES string of the molecule is COc1cc(C(=O)NC2CCN(Cc3[nH]c4ccccc4c3Cl)CC2)cc(OC)c1C. The monoisotopic (exact) mass is 441 g/mol. The number of carbonyl (C=O) groups is 1. The number of ether oxygens (including phenoxy) is 2. The Morgan fingerprint density at radius 3 is 2.42 bits per heavy atom. The highest BCUT2D eigenvalue weighted by Crippen LogP contribution is 2.30. The van der Waals surface area contributed by atoms with Crippen molar-refractivity contribution in [2.45, 2.75) is 32.4 Å². The molecule has 1 aliphatic heterocycles. The molecule has 4 rings (SSSR count). The van der Waals surface area contributed by atoms with Gasteiger partial charge in [-0.2, -0.15) is 0 Å². The molecule has 1 saturated heterocycles. The maximum atomic E-state index is 12.8. The first-order chi connectivity index (χ1) is 15.0. The molecule has 7 heteroatoms. The Morgan fingerprint density at radius 2 is 1.81 bits per heavy atom. The van der Waals surface area contributed by atoms with E-state index < -0.39 is 0 Å².